The first kappa shape index (κ1) is 20.2. The van der Waals surface area contributed by atoms with Crippen LogP contribution in [0.1, 0.15) is 40.4 Å². The van der Waals surface area contributed by atoms with Gasteiger partial charge in [-0.05, 0) is 42.3 Å². The van der Waals surface area contributed by atoms with Crippen LogP contribution in [0.5, 0.6) is 0 Å². The first-order valence-electron chi connectivity index (χ1n) is 8.97. The van der Waals surface area contributed by atoms with Crippen LogP contribution >= 0.6 is 35.0 Å². The topological polar surface area (TPSA) is 37.4 Å². The SMILES string of the molecule is O=C(CCC(=O)N1CCSC(c2ccccc2Cl)CC1)c1ccc(Cl)cc1. The van der Waals surface area contributed by atoms with Crippen LogP contribution in [0.25, 0.3) is 0 Å². The fourth-order valence-corrected chi connectivity index (χ4v) is 4.89. The van der Waals surface area contributed by atoms with Gasteiger partial charge in [-0.1, -0.05) is 41.4 Å². The van der Waals surface area contributed by atoms with Crippen LogP contribution in [-0.2, 0) is 4.79 Å². The largest absolute Gasteiger partial charge is 0.342 e. The molecule has 1 fully saturated rings. The quantitative estimate of drug-likeness (QED) is 0.584. The molecule has 0 radical (unpaired) electrons. The average Bonchev–Trinajstić information content (AvgIpc) is 2.93. The molecule has 6 heteroatoms. The molecule has 1 aliphatic heterocycles. The maximum absolute atomic E-state index is 12.6. The number of Topliss-reactive ketones (excluding diaryl/α,β-unsaturated/α-hetero) is 1. The van der Waals surface area contributed by atoms with Gasteiger partial charge < -0.3 is 4.90 Å². The highest BCUT2D eigenvalue weighted by molar-refractivity contribution is 7.99. The number of hydrogen-bond donors (Lipinski definition) is 0. The second kappa shape index (κ2) is 9.63. The van der Waals surface area contributed by atoms with Crippen LogP contribution in [0.3, 0.4) is 0 Å². The molecule has 142 valence electrons. The number of nitrogens with zero attached hydrogens (tertiary/aromatic N) is 1. The van der Waals surface area contributed by atoms with Crippen LogP contribution in [-0.4, -0.2) is 35.4 Å². The van der Waals surface area contributed by atoms with Crippen molar-refractivity contribution in [2.24, 2.45) is 0 Å². The van der Waals surface area contributed by atoms with E-state index in [4.69, 9.17) is 23.2 Å². The summed E-state index contributed by atoms with van der Waals surface area (Å²) in [6, 6.07) is 14.7. The molecule has 0 saturated carbocycles. The summed E-state index contributed by atoms with van der Waals surface area (Å²) < 4.78 is 0. The third-order valence-electron chi connectivity index (χ3n) is 4.68. The van der Waals surface area contributed by atoms with E-state index < -0.39 is 0 Å². The van der Waals surface area contributed by atoms with Crippen molar-refractivity contribution in [2.45, 2.75) is 24.5 Å². The lowest BCUT2D eigenvalue weighted by Gasteiger charge is -2.20. The number of carbonyl (C=O) groups excluding carboxylic acids is 2. The average molecular weight is 422 g/mol. The third-order valence-corrected chi connectivity index (χ3v) is 6.58. The Balaban J connectivity index is 1.53. The molecule has 1 saturated heterocycles. The second-order valence-electron chi connectivity index (χ2n) is 6.48. The highest BCUT2D eigenvalue weighted by atomic mass is 35.5. The van der Waals surface area contributed by atoms with E-state index in [9.17, 15) is 9.59 Å². The Kier molecular flexibility index (Phi) is 7.22. The van der Waals surface area contributed by atoms with Gasteiger partial charge in [0.2, 0.25) is 5.91 Å². The molecule has 3 nitrogen and oxygen atoms in total. The van der Waals surface area contributed by atoms with Crippen molar-refractivity contribution >= 4 is 46.7 Å². The van der Waals surface area contributed by atoms with E-state index in [1.165, 1.54) is 0 Å². The summed E-state index contributed by atoms with van der Waals surface area (Å²) in [5.41, 5.74) is 1.73. The number of benzene rings is 2. The lowest BCUT2D eigenvalue weighted by Crippen LogP contribution is -2.33. The standard InChI is InChI=1S/C21H21Cl2NO2S/c22-16-7-5-15(6-8-16)19(25)9-10-21(26)24-12-11-20(27-14-13-24)17-3-1-2-4-18(17)23/h1-8,20H,9-14H2. The summed E-state index contributed by atoms with van der Waals surface area (Å²) in [5.74, 6) is 0.878. The van der Waals surface area contributed by atoms with Gasteiger partial charge in [-0.2, -0.15) is 11.8 Å². The molecule has 0 aromatic heterocycles. The monoisotopic (exact) mass is 421 g/mol. The second-order valence-corrected chi connectivity index (χ2v) is 8.63. The lowest BCUT2D eigenvalue weighted by atomic mass is 10.1. The molecule has 1 unspecified atom stereocenters. The van der Waals surface area contributed by atoms with Gasteiger partial charge in [0.1, 0.15) is 0 Å². The molecule has 0 bridgehead atoms. The molecule has 0 spiro atoms. The fraction of sp³-hybridized carbons (Fsp3) is 0.333. The zero-order valence-electron chi connectivity index (χ0n) is 14.9. The number of ketones is 1. The third kappa shape index (κ3) is 5.50. The minimum atomic E-state index is -0.0295. The van der Waals surface area contributed by atoms with Crippen LogP contribution < -0.4 is 0 Å². The van der Waals surface area contributed by atoms with Crippen LogP contribution in [0.2, 0.25) is 10.0 Å². The van der Waals surface area contributed by atoms with Crippen LogP contribution in [0.15, 0.2) is 48.5 Å². The van der Waals surface area contributed by atoms with Crippen LogP contribution in [0, 0.1) is 0 Å². The lowest BCUT2D eigenvalue weighted by molar-refractivity contribution is -0.130. The maximum Gasteiger partial charge on any atom is 0.223 e. The molecule has 3 rings (SSSR count). The molecule has 2 aromatic rings. The van der Waals surface area contributed by atoms with E-state index >= 15 is 0 Å². The summed E-state index contributed by atoms with van der Waals surface area (Å²) in [4.78, 5) is 26.7. The first-order valence-corrected chi connectivity index (χ1v) is 10.8. The Morgan fingerprint density at radius 3 is 2.48 bits per heavy atom. The van der Waals surface area contributed by atoms with E-state index in [2.05, 4.69) is 6.07 Å². The van der Waals surface area contributed by atoms with Crippen molar-refractivity contribution in [3.05, 3.63) is 69.7 Å². The summed E-state index contributed by atoms with van der Waals surface area (Å²) in [5, 5.41) is 1.67. The van der Waals surface area contributed by atoms with E-state index in [0.29, 0.717) is 28.9 Å². The van der Waals surface area contributed by atoms with Crippen molar-refractivity contribution in [1.82, 2.24) is 4.90 Å². The molecule has 1 amide bonds. The van der Waals surface area contributed by atoms with Gasteiger partial charge in [-0.3, -0.25) is 9.59 Å². The van der Waals surface area contributed by atoms with Gasteiger partial charge in [-0.15, -0.1) is 0 Å². The van der Waals surface area contributed by atoms with E-state index in [0.717, 1.165) is 22.8 Å². The zero-order valence-corrected chi connectivity index (χ0v) is 17.2. The first-order chi connectivity index (χ1) is 13.0. The van der Waals surface area contributed by atoms with Gasteiger partial charge in [0.15, 0.2) is 5.78 Å². The van der Waals surface area contributed by atoms with Crippen molar-refractivity contribution < 1.29 is 9.59 Å². The van der Waals surface area contributed by atoms with E-state index in [-0.39, 0.29) is 24.5 Å². The Bertz CT molecular complexity index is 810. The van der Waals surface area contributed by atoms with Gasteiger partial charge >= 0.3 is 0 Å². The molecule has 0 aliphatic carbocycles. The smallest absolute Gasteiger partial charge is 0.223 e. The number of carbonyl (C=O) groups is 2. The molecule has 0 N–H and O–H groups in total. The minimum absolute atomic E-state index is 0.0295. The Morgan fingerprint density at radius 2 is 1.74 bits per heavy atom. The van der Waals surface area contributed by atoms with Gasteiger partial charge in [0, 0.05) is 52.5 Å². The predicted octanol–water partition coefficient (Wildman–Crippen LogP) is 5.66. The molecule has 2 aromatic carbocycles. The summed E-state index contributed by atoms with van der Waals surface area (Å²) in [6.07, 6.45) is 1.33. The predicted molar refractivity (Wildman–Crippen MR) is 113 cm³/mol. The molecule has 1 heterocycles. The Morgan fingerprint density at radius 1 is 1.00 bits per heavy atom. The van der Waals surface area contributed by atoms with Gasteiger partial charge in [0.25, 0.3) is 0 Å². The highest BCUT2D eigenvalue weighted by Crippen LogP contribution is 2.37. The summed E-state index contributed by atoms with van der Waals surface area (Å²) in [6.45, 7) is 1.40. The van der Waals surface area contributed by atoms with Crippen molar-refractivity contribution in [1.29, 1.82) is 0 Å². The number of thioether (sulfide) groups is 1. The summed E-state index contributed by atoms with van der Waals surface area (Å²) >= 11 is 14.0. The van der Waals surface area contributed by atoms with Gasteiger partial charge in [0.05, 0.1) is 0 Å². The molecule has 27 heavy (non-hydrogen) atoms. The number of hydrogen-bond acceptors (Lipinski definition) is 3. The van der Waals surface area contributed by atoms with Crippen LogP contribution in [0.4, 0.5) is 0 Å². The highest BCUT2D eigenvalue weighted by Gasteiger charge is 2.23. The molecular weight excluding hydrogens is 401 g/mol. The normalized spacial score (nSPS) is 17.4. The van der Waals surface area contributed by atoms with E-state index in [1.807, 2.05) is 34.9 Å². The molecule has 1 atom stereocenters. The van der Waals surface area contributed by atoms with Crippen molar-refractivity contribution in [3.8, 4) is 0 Å². The number of rotatable bonds is 5. The zero-order chi connectivity index (χ0) is 19.2. The molecule has 1 aliphatic rings. The fourth-order valence-electron chi connectivity index (χ4n) is 3.16. The van der Waals surface area contributed by atoms with Crippen molar-refractivity contribution in [2.75, 3.05) is 18.8 Å². The minimum Gasteiger partial charge on any atom is -0.342 e. The number of amides is 1. The molecular formula is C21H21Cl2NO2S. The van der Waals surface area contributed by atoms with E-state index in [1.54, 1.807) is 24.3 Å². The number of halogens is 2. The Hall–Kier alpha value is -1.49. The maximum atomic E-state index is 12.6. The summed E-state index contributed by atoms with van der Waals surface area (Å²) in [7, 11) is 0. The van der Waals surface area contributed by atoms with Gasteiger partial charge in [-0.25, -0.2) is 0 Å². The Labute approximate surface area is 174 Å². The van der Waals surface area contributed by atoms with Crippen molar-refractivity contribution in [3.63, 3.8) is 0 Å².